The van der Waals surface area contributed by atoms with Gasteiger partial charge in [0.15, 0.2) is 0 Å². The van der Waals surface area contributed by atoms with Gasteiger partial charge in [-0.15, -0.1) is 0 Å². The third-order valence-electron chi connectivity index (χ3n) is 2.89. The fourth-order valence-corrected chi connectivity index (χ4v) is 1.83. The van der Waals surface area contributed by atoms with Crippen molar-refractivity contribution in [3.63, 3.8) is 0 Å². The third kappa shape index (κ3) is 4.36. The molecule has 1 N–H and O–H groups in total. The summed E-state index contributed by atoms with van der Waals surface area (Å²) in [6, 6.07) is 8.88. The predicted molar refractivity (Wildman–Crippen MR) is 76.4 cm³/mol. The van der Waals surface area contributed by atoms with E-state index in [1.807, 2.05) is 32.0 Å². The van der Waals surface area contributed by atoms with Crippen molar-refractivity contribution >= 4 is 5.97 Å². The van der Waals surface area contributed by atoms with Crippen molar-refractivity contribution in [2.75, 3.05) is 13.2 Å². The molecule has 5 heteroatoms. The van der Waals surface area contributed by atoms with Gasteiger partial charge in [-0.3, -0.25) is 0 Å². The van der Waals surface area contributed by atoms with Crippen LogP contribution in [-0.4, -0.2) is 30.4 Å². The number of carbonyl (C=O) groups is 1. The van der Waals surface area contributed by atoms with Crippen LogP contribution in [0.3, 0.4) is 0 Å². The molecular formula is C16H18O5. The summed E-state index contributed by atoms with van der Waals surface area (Å²) in [5.74, 6) is 0.208. The predicted octanol–water partition coefficient (Wildman–Crippen LogP) is 2.49. The van der Waals surface area contributed by atoms with Crippen LogP contribution in [0.4, 0.5) is 0 Å². The molecule has 5 nitrogen and oxygen atoms in total. The topological polar surface area (TPSA) is 68.9 Å². The third-order valence-corrected chi connectivity index (χ3v) is 2.89. The SMILES string of the molecule is Cc1ccc(OCC(O)COC(=O)c2ccco2)c(C)c1. The van der Waals surface area contributed by atoms with E-state index in [2.05, 4.69) is 0 Å². The highest BCUT2D eigenvalue weighted by Gasteiger charge is 2.14. The molecule has 2 aromatic rings. The zero-order valence-electron chi connectivity index (χ0n) is 12.0. The Morgan fingerprint density at radius 2 is 2.10 bits per heavy atom. The number of esters is 1. The van der Waals surface area contributed by atoms with Gasteiger partial charge in [-0.1, -0.05) is 17.7 Å². The molecule has 0 bridgehead atoms. The van der Waals surface area contributed by atoms with Crippen LogP contribution in [0.25, 0.3) is 0 Å². The minimum Gasteiger partial charge on any atom is -0.490 e. The first-order valence-corrected chi connectivity index (χ1v) is 6.65. The van der Waals surface area contributed by atoms with Crippen LogP contribution in [-0.2, 0) is 4.74 Å². The summed E-state index contributed by atoms with van der Waals surface area (Å²) in [6.07, 6.45) is 0.487. The largest absolute Gasteiger partial charge is 0.490 e. The molecular weight excluding hydrogens is 272 g/mol. The summed E-state index contributed by atoms with van der Waals surface area (Å²) >= 11 is 0. The molecule has 1 aromatic heterocycles. The minimum atomic E-state index is -0.899. The van der Waals surface area contributed by atoms with Gasteiger partial charge in [0.25, 0.3) is 0 Å². The van der Waals surface area contributed by atoms with Crippen molar-refractivity contribution in [1.82, 2.24) is 0 Å². The van der Waals surface area contributed by atoms with Crippen molar-refractivity contribution in [3.05, 3.63) is 53.5 Å². The number of ether oxygens (including phenoxy) is 2. The maximum absolute atomic E-state index is 11.5. The molecule has 0 aliphatic carbocycles. The lowest BCUT2D eigenvalue weighted by atomic mass is 10.1. The summed E-state index contributed by atoms with van der Waals surface area (Å²) in [7, 11) is 0. The number of rotatable bonds is 6. The van der Waals surface area contributed by atoms with Gasteiger partial charge in [0, 0.05) is 0 Å². The molecule has 21 heavy (non-hydrogen) atoms. The molecule has 1 aromatic carbocycles. The zero-order chi connectivity index (χ0) is 15.2. The Hall–Kier alpha value is -2.27. The maximum Gasteiger partial charge on any atom is 0.374 e. The summed E-state index contributed by atoms with van der Waals surface area (Å²) in [4.78, 5) is 11.5. The normalized spacial score (nSPS) is 12.0. The molecule has 0 aliphatic heterocycles. The number of aliphatic hydroxyl groups is 1. The first-order chi connectivity index (χ1) is 10.1. The second kappa shape index (κ2) is 6.95. The van der Waals surface area contributed by atoms with Crippen LogP contribution in [0.1, 0.15) is 21.7 Å². The number of carbonyl (C=O) groups excluding carboxylic acids is 1. The van der Waals surface area contributed by atoms with Crippen LogP contribution < -0.4 is 4.74 Å². The van der Waals surface area contributed by atoms with Crippen molar-refractivity contribution in [2.45, 2.75) is 20.0 Å². The lowest BCUT2D eigenvalue weighted by Crippen LogP contribution is -2.25. The molecule has 112 valence electrons. The zero-order valence-corrected chi connectivity index (χ0v) is 12.0. The molecule has 0 aliphatic rings. The summed E-state index contributed by atoms with van der Waals surface area (Å²) in [5, 5.41) is 9.77. The average molecular weight is 290 g/mol. The van der Waals surface area contributed by atoms with E-state index in [9.17, 15) is 9.90 Å². The highest BCUT2D eigenvalue weighted by molar-refractivity contribution is 5.86. The van der Waals surface area contributed by atoms with Gasteiger partial charge in [-0.25, -0.2) is 4.79 Å². The van der Waals surface area contributed by atoms with E-state index < -0.39 is 12.1 Å². The smallest absolute Gasteiger partial charge is 0.374 e. The van der Waals surface area contributed by atoms with Crippen molar-refractivity contribution in [2.24, 2.45) is 0 Å². The van der Waals surface area contributed by atoms with E-state index >= 15 is 0 Å². The molecule has 1 atom stereocenters. The van der Waals surface area contributed by atoms with Crippen molar-refractivity contribution in [3.8, 4) is 5.75 Å². The van der Waals surface area contributed by atoms with Gasteiger partial charge in [0.05, 0.1) is 6.26 Å². The van der Waals surface area contributed by atoms with Gasteiger partial charge >= 0.3 is 5.97 Å². The monoisotopic (exact) mass is 290 g/mol. The van der Waals surface area contributed by atoms with E-state index in [4.69, 9.17) is 13.9 Å². The lowest BCUT2D eigenvalue weighted by Gasteiger charge is -2.14. The van der Waals surface area contributed by atoms with Gasteiger partial charge in [-0.2, -0.15) is 0 Å². The Morgan fingerprint density at radius 3 is 2.76 bits per heavy atom. The number of benzene rings is 1. The molecule has 1 unspecified atom stereocenters. The lowest BCUT2D eigenvalue weighted by molar-refractivity contribution is 0.0105. The molecule has 0 spiro atoms. The van der Waals surface area contributed by atoms with Gasteiger partial charge < -0.3 is 19.0 Å². The van der Waals surface area contributed by atoms with Crippen molar-refractivity contribution < 1.29 is 23.8 Å². The van der Waals surface area contributed by atoms with Gasteiger partial charge in [0.2, 0.25) is 5.76 Å². The molecule has 0 saturated carbocycles. The first kappa shape index (κ1) is 15.1. The first-order valence-electron chi connectivity index (χ1n) is 6.65. The van der Waals surface area contributed by atoms with E-state index in [1.54, 1.807) is 6.07 Å². The Balaban J connectivity index is 1.77. The molecule has 1 heterocycles. The number of furan rings is 1. The Labute approximate surface area is 123 Å². The van der Waals surface area contributed by atoms with Crippen LogP contribution in [0, 0.1) is 13.8 Å². The minimum absolute atomic E-state index is 0.0509. The van der Waals surface area contributed by atoms with E-state index in [-0.39, 0.29) is 19.0 Å². The summed E-state index contributed by atoms with van der Waals surface area (Å²) in [6.45, 7) is 3.84. The number of hydrogen-bond donors (Lipinski definition) is 1. The van der Waals surface area contributed by atoms with E-state index in [0.29, 0.717) is 5.75 Å². The maximum atomic E-state index is 11.5. The standard InChI is InChI=1S/C16H18O5/c1-11-5-6-14(12(2)8-11)20-9-13(17)10-21-16(18)15-4-3-7-19-15/h3-8,13,17H,9-10H2,1-2H3. The summed E-state index contributed by atoms with van der Waals surface area (Å²) < 4.78 is 15.3. The highest BCUT2D eigenvalue weighted by atomic mass is 16.6. The average Bonchev–Trinajstić information content (AvgIpc) is 2.98. The van der Waals surface area contributed by atoms with E-state index in [0.717, 1.165) is 11.1 Å². The molecule has 0 saturated heterocycles. The quantitative estimate of drug-likeness (QED) is 0.828. The molecule has 2 rings (SSSR count). The van der Waals surface area contributed by atoms with Crippen LogP contribution >= 0.6 is 0 Å². The molecule has 0 amide bonds. The Kier molecular flexibility index (Phi) is 5.00. The van der Waals surface area contributed by atoms with Crippen molar-refractivity contribution in [1.29, 1.82) is 0 Å². The second-order valence-electron chi connectivity index (χ2n) is 4.81. The number of aliphatic hydroxyl groups excluding tert-OH is 1. The highest BCUT2D eigenvalue weighted by Crippen LogP contribution is 2.18. The van der Waals surface area contributed by atoms with Crippen LogP contribution in [0.5, 0.6) is 5.75 Å². The second-order valence-corrected chi connectivity index (χ2v) is 4.81. The Bertz CT molecular complexity index is 589. The fourth-order valence-electron chi connectivity index (χ4n) is 1.83. The van der Waals surface area contributed by atoms with Gasteiger partial charge in [0.1, 0.15) is 25.1 Å². The van der Waals surface area contributed by atoms with Crippen LogP contribution in [0.2, 0.25) is 0 Å². The molecule has 0 radical (unpaired) electrons. The fraction of sp³-hybridized carbons (Fsp3) is 0.312. The number of hydrogen-bond acceptors (Lipinski definition) is 5. The Morgan fingerprint density at radius 1 is 1.29 bits per heavy atom. The van der Waals surface area contributed by atoms with Gasteiger partial charge in [-0.05, 0) is 37.6 Å². The van der Waals surface area contributed by atoms with Crippen LogP contribution in [0.15, 0.2) is 41.0 Å². The number of aryl methyl sites for hydroxylation is 2. The van der Waals surface area contributed by atoms with E-state index in [1.165, 1.54) is 12.3 Å². The molecule has 0 fully saturated rings. The summed E-state index contributed by atoms with van der Waals surface area (Å²) in [5.41, 5.74) is 2.14.